The number of hydrogen-bond donors (Lipinski definition) is 1. The fourth-order valence-corrected chi connectivity index (χ4v) is 1.86. The fraction of sp³-hybridized carbons (Fsp3) is 1.00. The van der Waals surface area contributed by atoms with Gasteiger partial charge in [-0.25, -0.2) is 0 Å². The van der Waals surface area contributed by atoms with Gasteiger partial charge < -0.3 is 5.32 Å². The smallest absolute Gasteiger partial charge is 0.0259 e. The van der Waals surface area contributed by atoms with Crippen molar-refractivity contribution < 1.29 is 0 Å². The number of piperidine rings is 1. The average molecular weight is 81.1 g/mol. The van der Waals surface area contributed by atoms with E-state index in [1.807, 2.05) is 0 Å². The molecule has 0 amide bonds. The van der Waals surface area contributed by atoms with E-state index in [1.165, 1.54) is 0 Å². The van der Waals surface area contributed by atoms with Crippen LogP contribution in [0.4, 0.5) is 0 Å². The van der Waals surface area contributed by atoms with E-state index in [1.54, 1.807) is 6.42 Å². The zero-order valence-electron chi connectivity index (χ0n) is 3.52. The highest BCUT2D eigenvalue weighted by atomic mass is 15.2. The molecule has 1 heterocycles. The molecule has 0 radical (unpaired) electrons. The summed E-state index contributed by atoms with van der Waals surface area (Å²) in [4.78, 5) is 0. The molecule has 0 spiro atoms. The third-order valence-corrected chi connectivity index (χ3v) is 2.48. The summed E-state index contributed by atoms with van der Waals surface area (Å²) < 4.78 is 0. The summed E-state index contributed by atoms with van der Waals surface area (Å²) in [5, 5.41) is 3.41. The second kappa shape index (κ2) is 0.399. The Bertz CT molecular complexity index is 76.5. The molecule has 4 atom stereocenters. The van der Waals surface area contributed by atoms with Crippen LogP contribution in [0.15, 0.2) is 0 Å². The molecule has 3 rings (SSSR count). The number of fused-ring (bicyclic) bond motifs is 4. The highest BCUT2D eigenvalue weighted by molar-refractivity contribution is 5.27. The van der Waals surface area contributed by atoms with Gasteiger partial charge in [0.15, 0.2) is 0 Å². The fourth-order valence-electron chi connectivity index (χ4n) is 1.86. The molecule has 6 heavy (non-hydrogen) atoms. The summed E-state index contributed by atoms with van der Waals surface area (Å²) in [5.41, 5.74) is 0. The highest BCUT2D eigenvalue weighted by Crippen LogP contribution is 2.62. The molecule has 0 aromatic carbocycles. The van der Waals surface area contributed by atoms with Gasteiger partial charge in [0, 0.05) is 12.1 Å². The Labute approximate surface area is 36.7 Å². The second-order valence-electron chi connectivity index (χ2n) is 2.78. The van der Waals surface area contributed by atoms with Gasteiger partial charge >= 0.3 is 0 Å². The van der Waals surface area contributed by atoms with Gasteiger partial charge in [-0.3, -0.25) is 0 Å². The summed E-state index contributed by atoms with van der Waals surface area (Å²) in [6, 6.07) is 2.05. The minimum absolute atomic E-state index is 1.02. The summed E-state index contributed by atoms with van der Waals surface area (Å²) in [7, 11) is 0. The van der Waals surface area contributed by atoms with Gasteiger partial charge in [-0.2, -0.15) is 0 Å². The van der Waals surface area contributed by atoms with Crippen LogP contribution >= 0.6 is 0 Å². The van der Waals surface area contributed by atoms with Crippen LogP contribution in [-0.4, -0.2) is 12.1 Å². The van der Waals surface area contributed by atoms with Crippen molar-refractivity contribution in [3.63, 3.8) is 0 Å². The van der Waals surface area contributed by atoms with Crippen LogP contribution in [0.5, 0.6) is 0 Å². The highest BCUT2D eigenvalue weighted by Gasteiger charge is 2.70. The van der Waals surface area contributed by atoms with Crippen molar-refractivity contribution in [2.75, 3.05) is 0 Å². The molecule has 0 bridgehead atoms. The third kappa shape index (κ3) is 0.0871. The maximum absolute atomic E-state index is 3.41. The van der Waals surface area contributed by atoms with Crippen LogP contribution in [-0.2, 0) is 0 Å². The van der Waals surface area contributed by atoms with Crippen molar-refractivity contribution in [3.05, 3.63) is 0 Å². The Balaban J connectivity index is 2.15. The van der Waals surface area contributed by atoms with Gasteiger partial charge in [-0.05, 0) is 18.3 Å². The third-order valence-electron chi connectivity index (χ3n) is 2.48. The van der Waals surface area contributed by atoms with Crippen molar-refractivity contribution in [2.45, 2.75) is 18.5 Å². The Morgan fingerprint density at radius 3 is 2.00 bits per heavy atom. The SMILES string of the molecule is C1C2C1C1NC21. The number of nitrogens with one attached hydrogen (secondary N) is 1. The molecule has 1 N–H and O–H groups in total. The van der Waals surface area contributed by atoms with Crippen molar-refractivity contribution in [2.24, 2.45) is 11.8 Å². The maximum Gasteiger partial charge on any atom is 0.0259 e. The lowest BCUT2D eigenvalue weighted by atomic mass is 10.0. The van der Waals surface area contributed by atoms with Crippen molar-refractivity contribution >= 4 is 0 Å². The second-order valence-corrected chi connectivity index (χ2v) is 2.78. The van der Waals surface area contributed by atoms with Gasteiger partial charge in [-0.1, -0.05) is 0 Å². The van der Waals surface area contributed by atoms with E-state index >= 15 is 0 Å². The Morgan fingerprint density at radius 1 is 1.17 bits per heavy atom. The van der Waals surface area contributed by atoms with E-state index in [-0.39, 0.29) is 0 Å². The van der Waals surface area contributed by atoms with E-state index < -0.39 is 0 Å². The quantitative estimate of drug-likeness (QED) is 0.406. The molecular weight excluding hydrogens is 74.1 g/mol. The first-order valence-corrected chi connectivity index (χ1v) is 2.73. The van der Waals surface area contributed by atoms with E-state index in [0.29, 0.717) is 0 Å². The Hall–Kier alpha value is -0.0400. The van der Waals surface area contributed by atoms with Gasteiger partial charge in [0.05, 0.1) is 0 Å². The van der Waals surface area contributed by atoms with E-state index in [4.69, 9.17) is 0 Å². The zero-order valence-corrected chi connectivity index (χ0v) is 3.52. The minimum Gasteiger partial charge on any atom is -0.308 e. The molecule has 1 heteroatoms. The van der Waals surface area contributed by atoms with Crippen molar-refractivity contribution in [1.29, 1.82) is 0 Å². The summed E-state index contributed by atoms with van der Waals surface area (Å²) in [6.45, 7) is 0. The van der Waals surface area contributed by atoms with Gasteiger partial charge in [0.2, 0.25) is 0 Å². The molecule has 1 aliphatic heterocycles. The molecule has 3 fully saturated rings. The Morgan fingerprint density at radius 2 is 1.83 bits per heavy atom. The summed E-state index contributed by atoms with van der Waals surface area (Å²) in [5.74, 6) is 2.32. The van der Waals surface area contributed by atoms with E-state index in [0.717, 1.165) is 23.9 Å². The van der Waals surface area contributed by atoms with Crippen molar-refractivity contribution in [1.82, 2.24) is 5.32 Å². The number of rotatable bonds is 0. The van der Waals surface area contributed by atoms with Crippen molar-refractivity contribution in [3.8, 4) is 0 Å². The molecule has 32 valence electrons. The predicted octanol–water partition coefficient (Wildman–Crippen LogP) is -0.0235. The van der Waals surface area contributed by atoms with Crippen LogP contribution in [0.1, 0.15) is 6.42 Å². The molecule has 0 aromatic heterocycles. The normalized spacial score (nSPS) is 80.0. The molecule has 3 aliphatic rings. The van der Waals surface area contributed by atoms with Crippen LogP contribution in [0, 0.1) is 11.8 Å². The van der Waals surface area contributed by atoms with E-state index in [2.05, 4.69) is 5.32 Å². The van der Waals surface area contributed by atoms with Crippen LogP contribution in [0.2, 0.25) is 0 Å². The summed E-state index contributed by atoms with van der Waals surface area (Å²) in [6.07, 6.45) is 1.56. The first-order chi connectivity index (χ1) is 2.97. The maximum atomic E-state index is 3.41. The molecule has 2 aliphatic carbocycles. The molecule has 1 saturated heterocycles. The average Bonchev–Trinajstić information content (AvgIpc) is 2.04. The topological polar surface area (TPSA) is 21.9 Å². The first kappa shape index (κ1) is 2.31. The Kier molecular flexibility index (Phi) is 0.154. The monoisotopic (exact) mass is 81.1 g/mol. The zero-order chi connectivity index (χ0) is 3.72. The largest absolute Gasteiger partial charge is 0.308 e. The lowest BCUT2D eigenvalue weighted by Crippen LogP contribution is -2.11. The van der Waals surface area contributed by atoms with Gasteiger partial charge in [0.1, 0.15) is 0 Å². The molecule has 1 nitrogen and oxygen atoms in total. The first-order valence-electron chi connectivity index (χ1n) is 2.73. The predicted molar refractivity (Wildman–Crippen MR) is 22.3 cm³/mol. The van der Waals surface area contributed by atoms with E-state index in [9.17, 15) is 0 Å². The van der Waals surface area contributed by atoms with Crippen LogP contribution < -0.4 is 5.32 Å². The lowest BCUT2D eigenvalue weighted by Gasteiger charge is -2.00. The molecular formula is C5H7N. The molecule has 2 saturated carbocycles. The molecule has 0 aromatic rings. The standard InChI is InChI=1S/C5H7N/c1-2-3(1)5-4(2)6-5/h2-6H,1H2. The minimum atomic E-state index is 1.02. The van der Waals surface area contributed by atoms with Crippen LogP contribution in [0.25, 0.3) is 0 Å². The number of hydrogen-bond acceptors (Lipinski definition) is 1. The van der Waals surface area contributed by atoms with Gasteiger partial charge in [-0.15, -0.1) is 0 Å². The lowest BCUT2D eigenvalue weighted by molar-refractivity contribution is 0.572. The van der Waals surface area contributed by atoms with Crippen LogP contribution in [0.3, 0.4) is 0 Å². The van der Waals surface area contributed by atoms with Gasteiger partial charge in [0.25, 0.3) is 0 Å². The molecule has 4 unspecified atom stereocenters. The summed E-state index contributed by atoms with van der Waals surface area (Å²) >= 11 is 0.